The Morgan fingerprint density at radius 3 is 2.35 bits per heavy atom. The van der Waals surface area contributed by atoms with E-state index in [0.717, 1.165) is 11.3 Å². The zero-order chi connectivity index (χ0) is 14.7. The number of hydrogen-bond acceptors (Lipinski definition) is 2. The van der Waals surface area contributed by atoms with E-state index < -0.39 is 0 Å². The van der Waals surface area contributed by atoms with Crippen LogP contribution in [0.5, 0.6) is 0 Å². The maximum absolute atomic E-state index is 12.2. The molecule has 5 nitrogen and oxygen atoms in total. The first kappa shape index (κ1) is 14.7. The van der Waals surface area contributed by atoms with E-state index in [9.17, 15) is 9.59 Å². The Bertz CT molecular complexity index is 525. The first-order valence-corrected chi connectivity index (χ1v) is 6.93. The molecular formula is C14H18ClN3O2. The van der Waals surface area contributed by atoms with E-state index in [1.807, 2.05) is 13.0 Å². The van der Waals surface area contributed by atoms with E-state index in [1.54, 1.807) is 28.9 Å². The maximum atomic E-state index is 12.2. The third-order valence-electron chi connectivity index (χ3n) is 3.52. The highest BCUT2D eigenvalue weighted by atomic mass is 35.5. The van der Waals surface area contributed by atoms with Crippen LogP contribution in [0.4, 0.5) is 10.5 Å². The van der Waals surface area contributed by atoms with Gasteiger partial charge in [0.2, 0.25) is 5.91 Å². The van der Waals surface area contributed by atoms with Crippen molar-refractivity contribution >= 4 is 29.2 Å². The summed E-state index contributed by atoms with van der Waals surface area (Å²) in [7, 11) is 0. The minimum absolute atomic E-state index is 0.0516. The SMILES string of the molecule is CC(=O)N1CCN(C(=O)Nc2cccc(Cl)c2C)CC1. The van der Waals surface area contributed by atoms with Gasteiger partial charge in [0, 0.05) is 43.8 Å². The number of hydrogen-bond donors (Lipinski definition) is 1. The van der Waals surface area contributed by atoms with Crippen molar-refractivity contribution in [2.24, 2.45) is 0 Å². The van der Waals surface area contributed by atoms with E-state index in [1.165, 1.54) is 0 Å². The first-order chi connectivity index (χ1) is 9.49. The van der Waals surface area contributed by atoms with Crippen molar-refractivity contribution in [3.05, 3.63) is 28.8 Å². The molecule has 1 fully saturated rings. The molecule has 1 aromatic carbocycles. The standard InChI is InChI=1S/C14H18ClN3O2/c1-10-12(15)4-3-5-13(10)16-14(20)18-8-6-17(7-9-18)11(2)19/h3-5H,6-9H2,1-2H3,(H,16,20). The molecule has 1 aromatic rings. The van der Waals surface area contributed by atoms with Gasteiger partial charge in [-0.05, 0) is 24.6 Å². The van der Waals surface area contributed by atoms with Gasteiger partial charge < -0.3 is 15.1 Å². The average molecular weight is 296 g/mol. The van der Waals surface area contributed by atoms with Gasteiger partial charge in [-0.2, -0.15) is 0 Å². The number of halogens is 1. The van der Waals surface area contributed by atoms with Crippen molar-refractivity contribution in [1.29, 1.82) is 0 Å². The molecule has 3 amide bonds. The number of nitrogens with zero attached hydrogens (tertiary/aromatic N) is 2. The summed E-state index contributed by atoms with van der Waals surface area (Å²) in [6, 6.07) is 5.26. The molecule has 0 spiro atoms. The quantitative estimate of drug-likeness (QED) is 0.864. The molecule has 0 aromatic heterocycles. The zero-order valence-electron chi connectivity index (χ0n) is 11.6. The van der Waals surface area contributed by atoms with Gasteiger partial charge in [0.15, 0.2) is 0 Å². The van der Waals surface area contributed by atoms with Gasteiger partial charge in [0.1, 0.15) is 0 Å². The number of rotatable bonds is 1. The van der Waals surface area contributed by atoms with E-state index in [-0.39, 0.29) is 11.9 Å². The van der Waals surface area contributed by atoms with Gasteiger partial charge in [-0.15, -0.1) is 0 Å². The summed E-state index contributed by atoms with van der Waals surface area (Å²) in [6.45, 7) is 5.67. The smallest absolute Gasteiger partial charge is 0.321 e. The fraction of sp³-hybridized carbons (Fsp3) is 0.429. The van der Waals surface area contributed by atoms with Crippen LogP contribution in [0.3, 0.4) is 0 Å². The fourth-order valence-corrected chi connectivity index (χ4v) is 2.34. The molecule has 1 aliphatic heterocycles. The van der Waals surface area contributed by atoms with E-state index in [4.69, 9.17) is 11.6 Å². The average Bonchev–Trinajstić information content (AvgIpc) is 2.44. The van der Waals surface area contributed by atoms with E-state index in [0.29, 0.717) is 31.2 Å². The lowest BCUT2D eigenvalue weighted by molar-refractivity contribution is -0.130. The van der Waals surface area contributed by atoms with Crippen LogP contribution in [0.15, 0.2) is 18.2 Å². The number of carbonyl (C=O) groups is 2. The van der Waals surface area contributed by atoms with Crippen LogP contribution in [0.25, 0.3) is 0 Å². The summed E-state index contributed by atoms with van der Waals surface area (Å²) in [6.07, 6.45) is 0. The molecule has 1 N–H and O–H groups in total. The molecule has 0 radical (unpaired) electrons. The number of urea groups is 1. The van der Waals surface area contributed by atoms with Gasteiger partial charge in [-0.25, -0.2) is 4.79 Å². The monoisotopic (exact) mass is 295 g/mol. The maximum Gasteiger partial charge on any atom is 0.321 e. The molecule has 108 valence electrons. The number of amides is 3. The topological polar surface area (TPSA) is 52.7 Å². The second-order valence-corrected chi connectivity index (χ2v) is 5.24. The van der Waals surface area contributed by atoms with E-state index in [2.05, 4.69) is 5.32 Å². The highest BCUT2D eigenvalue weighted by Crippen LogP contribution is 2.23. The molecule has 2 rings (SSSR count). The fourth-order valence-electron chi connectivity index (χ4n) is 2.16. The highest BCUT2D eigenvalue weighted by molar-refractivity contribution is 6.31. The first-order valence-electron chi connectivity index (χ1n) is 6.55. The van der Waals surface area contributed by atoms with Crippen LogP contribution in [0, 0.1) is 6.92 Å². The second kappa shape index (κ2) is 6.13. The Labute approximate surface area is 123 Å². The molecule has 0 bridgehead atoms. The summed E-state index contributed by atoms with van der Waals surface area (Å²) in [4.78, 5) is 26.9. The second-order valence-electron chi connectivity index (χ2n) is 4.84. The molecule has 0 atom stereocenters. The predicted octanol–water partition coefficient (Wildman–Crippen LogP) is 2.34. The lowest BCUT2D eigenvalue weighted by atomic mass is 10.2. The number of nitrogens with one attached hydrogen (secondary N) is 1. The van der Waals surface area contributed by atoms with Crippen LogP contribution < -0.4 is 5.32 Å². The molecular weight excluding hydrogens is 278 g/mol. The lowest BCUT2D eigenvalue weighted by Crippen LogP contribution is -2.51. The Morgan fingerprint density at radius 1 is 1.15 bits per heavy atom. The van der Waals surface area contributed by atoms with Crippen molar-refractivity contribution in [3.63, 3.8) is 0 Å². The van der Waals surface area contributed by atoms with Gasteiger partial charge in [-0.1, -0.05) is 17.7 Å². The molecule has 1 heterocycles. The molecule has 1 saturated heterocycles. The van der Waals surface area contributed by atoms with Crippen molar-refractivity contribution in [2.75, 3.05) is 31.5 Å². The molecule has 0 aliphatic carbocycles. The molecule has 20 heavy (non-hydrogen) atoms. The largest absolute Gasteiger partial charge is 0.339 e. The Kier molecular flexibility index (Phi) is 4.49. The van der Waals surface area contributed by atoms with Crippen molar-refractivity contribution in [3.8, 4) is 0 Å². The predicted molar refractivity (Wildman–Crippen MR) is 79.0 cm³/mol. The summed E-state index contributed by atoms with van der Waals surface area (Å²) in [5.41, 5.74) is 1.57. The van der Waals surface area contributed by atoms with E-state index >= 15 is 0 Å². The van der Waals surface area contributed by atoms with Crippen molar-refractivity contribution < 1.29 is 9.59 Å². The van der Waals surface area contributed by atoms with Gasteiger partial charge >= 0.3 is 6.03 Å². The highest BCUT2D eigenvalue weighted by Gasteiger charge is 2.22. The summed E-state index contributed by atoms with van der Waals surface area (Å²) in [5, 5.41) is 3.49. The molecule has 1 aliphatic rings. The number of benzene rings is 1. The molecule has 0 unspecified atom stereocenters. The van der Waals surface area contributed by atoms with Crippen LogP contribution in [-0.4, -0.2) is 47.9 Å². The number of piperazine rings is 1. The number of anilines is 1. The summed E-state index contributed by atoms with van der Waals surface area (Å²) in [5.74, 6) is 0.0516. The van der Waals surface area contributed by atoms with Crippen molar-refractivity contribution in [2.45, 2.75) is 13.8 Å². The Balaban J connectivity index is 1.96. The third kappa shape index (κ3) is 3.22. The number of carbonyl (C=O) groups excluding carboxylic acids is 2. The zero-order valence-corrected chi connectivity index (χ0v) is 12.4. The van der Waals surface area contributed by atoms with Crippen LogP contribution in [0.2, 0.25) is 5.02 Å². The van der Waals surface area contributed by atoms with Gasteiger partial charge in [0.05, 0.1) is 0 Å². The van der Waals surface area contributed by atoms with Crippen LogP contribution in [0.1, 0.15) is 12.5 Å². The Morgan fingerprint density at radius 2 is 1.75 bits per heavy atom. The summed E-state index contributed by atoms with van der Waals surface area (Å²) < 4.78 is 0. The van der Waals surface area contributed by atoms with Crippen LogP contribution >= 0.6 is 11.6 Å². The minimum Gasteiger partial charge on any atom is -0.339 e. The molecule has 6 heteroatoms. The molecule has 0 saturated carbocycles. The lowest BCUT2D eigenvalue weighted by Gasteiger charge is -2.34. The Hall–Kier alpha value is -1.75. The van der Waals surface area contributed by atoms with Crippen molar-refractivity contribution in [1.82, 2.24) is 9.80 Å². The summed E-state index contributed by atoms with van der Waals surface area (Å²) >= 11 is 6.03. The van der Waals surface area contributed by atoms with Gasteiger partial charge in [-0.3, -0.25) is 4.79 Å². The normalized spacial score (nSPS) is 15.2. The minimum atomic E-state index is -0.154. The van der Waals surface area contributed by atoms with Crippen LogP contribution in [-0.2, 0) is 4.79 Å². The van der Waals surface area contributed by atoms with Gasteiger partial charge in [0.25, 0.3) is 0 Å². The third-order valence-corrected chi connectivity index (χ3v) is 3.93.